The molecule has 24 heavy (non-hydrogen) atoms. The summed E-state index contributed by atoms with van der Waals surface area (Å²) >= 11 is 6.00. The number of nitrogens with one attached hydrogen (secondary N) is 1. The maximum Gasteiger partial charge on any atom is 0.328 e. The molecular formula is C15H21ClN2O5S. The number of benzene rings is 1. The van der Waals surface area contributed by atoms with Crippen LogP contribution in [0.5, 0.6) is 0 Å². The van der Waals surface area contributed by atoms with E-state index in [1.165, 1.54) is 36.5 Å². The maximum absolute atomic E-state index is 12.5. The lowest BCUT2D eigenvalue weighted by atomic mass is 10.2. The Morgan fingerprint density at radius 3 is 2.38 bits per heavy atom. The van der Waals surface area contributed by atoms with Gasteiger partial charge in [0.15, 0.2) is 0 Å². The van der Waals surface area contributed by atoms with E-state index in [1.54, 1.807) is 13.8 Å². The molecule has 0 spiro atoms. The molecule has 1 aromatic rings. The lowest BCUT2D eigenvalue weighted by Gasteiger charge is -2.19. The molecular weight excluding hydrogens is 356 g/mol. The number of sulfonamides is 1. The van der Waals surface area contributed by atoms with Crippen LogP contribution in [0.25, 0.3) is 0 Å². The molecule has 1 amide bonds. The summed E-state index contributed by atoms with van der Waals surface area (Å²) in [4.78, 5) is 23.6. The molecule has 134 valence electrons. The van der Waals surface area contributed by atoms with Crippen LogP contribution in [0.4, 0.5) is 0 Å². The molecule has 0 aromatic heterocycles. The summed E-state index contributed by atoms with van der Waals surface area (Å²) in [5.74, 6) is -1.28. The predicted molar refractivity (Wildman–Crippen MR) is 90.5 cm³/mol. The standard InChI is InChI=1S/C15H21ClN2O5S/c1-5-18(6-2)24(21,22)11-7-8-13(16)12(9-11)14(19)17-10(3)15(20)23-4/h7-10H,5-6H2,1-4H3,(H,17,19)/t10-/m0/s1. The molecule has 0 unspecified atom stereocenters. The van der Waals surface area contributed by atoms with Crippen molar-refractivity contribution in [3.63, 3.8) is 0 Å². The first-order valence-electron chi connectivity index (χ1n) is 7.37. The minimum atomic E-state index is -3.72. The second kappa shape index (κ2) is 8.46. The summed E-state index contributed by atoms with van der Waals surface area (Å²) in [7, 11) is -2.52. The fourth-order valence-electron chi connectivity index (χ4n) is 2.06. The first kappa shape index (κ1) is 20.4. The quantitative estimate of drug-likeness (QED) is 0.730. The average molecular weight is 377 g/mol. The number of hydrogen-bond acceptors (Lipinski definition) is 5. The van der Waals surface area contributed by atoms with Crippen LogP contribution in [0.1, 0.15) is 31.1 Å². The van der Waals surface area contributed by atoms with E-state index in [2.05, 4.69) is 10.1 Å². The van der Waals surface area contributed by atoms with E-state index >= 15 is 0 Å². The number of esters is 1. The van der Waals surface area contributed by atoms with Crippen molar-refractivity contribution in [2.75, 3.05) is 20.2 Å². The van der Waals surface area contributed by atoms with Crippen LogP contribution in [0.2, 0.25) is 5.02 Å². The SMILES string of the molecule is CCN(CC)S(=O)(=O)c1ccc(Cl)c(C(=O)N[C@@H](C)C(=O)OC)c1. The molecule has 1 atom stereocenters. The minimum Gasteiger partial charge on any atom is -0.467 e. The van der Waals surface area contributed by atoms with Gasteiger partial charge in [-0.25, -0.2) is 13.2 Å². The van der Waals surface area contributed by atoms with Crippen molar-refractivity contribution < 1.29 is 22.7 Å². The fraction of sp³-hybridized carbons (Fsp3) is 0.467. The number of hydrogen-bond donors (Lipinski definition) is 1. The molecule has 9 heteroatoms. The Morgan fingerprint density at radius 2 is 1.88 bits per heavy atom. The van der Waals surface area contributed by atoms with E-state index in [0.29, 0.717) is 13.1 Å². The Hall–Kier alpha value is -1.64. The van der Waals surface area contributed by atoms with Gasteiger partial charge in [0, 0.05) is 13.1 Å². The van der Waals surface area contributed by atoms with Crippen molar-refractivity contribution in [2.45, 2.75) is 31.7 Å². The molecule has 0 fully saturated rings. The zero-order chi connectivity index (χ0) is 18.5. The van der Waals surface area contributed by atoms with Gasteiger partial charge < -0.3 is 10.1 Å². The van der Waals surface area contributed by atoms with Gasteiger partial charge in [-0.3, -0.25) is 4.79 Å². The van der Waals surface area contributed by atoms with E-state index in [-0.39, 0.29) is 15.5 Å². The highest BCUT2D eigenvalue weighted by Gasteiger charge is 2.25. The smallest absolute Gasteiger partial charge is 0.328 e. The molecule has 0 saturated carbocycles. The van der Waals surface area contributed by atoms with Crippen molar-refractivity contribution in [1.29, 1.82) is 0 Å². The van der Waals surface area contributed by atoms with Crippen LogP contribution in [-0.4, -0.2) is 50.8 Å². The van der Waals surface area contributed by atoms with E-state index in [1.807, 2.05) is 0 Å². The lowest BCUT2D eigenvalue weighted by Crippen LogP contribution is -2.39. The number of rotatable bonds is 7. The molecule has 0 radical (unpaired) electrons. The van der Waals surface area contributed by atoms with Crippen LogP contribution in [0.3, 0.4) is 0 Å². The van der Waals surface area contributed by atoms with E-state index in [9.17, 15) is 18.0 Å². The molecule has 0 aliphatic heterocycles. The number of methoxy groups -OCH3 is 1. The number of amides is 1. The van der Waals surface area contributed by atoms with Gasteiger partial charge in [-0.2, -0.15) is 4.31 Å². The first-order chi connectivity index (χ1) is 11.2. The zero-order valence-corrected chi connectivity index (χ0v) is 15.6. The van der Waals surface area contributed by atoms with E-state index in [4.69, 9.17) is 11.6 Å². The van der Waals surface area contributed by atoms with Crippen molar-refractivity contribution in [3.05, 3.63) is 28.8 Å². The molecule has 0 heterocycles. The minimum absolute atomic E-state index is 0.0272. The zero-order valence-electron chi connectivity index (χ0n) is 14.0. The van der Waals surface area contributed by atoms with E-state index in [0.717, 1.165) is 0 Å². The Bertz CT molecular complexity index is 717. The van der Waals surface area contributed by atoms with Gasteiger partial charge in [0.2, 0.25) is 10.0 Å². The van der Waals surface area contributed by atoms with Crippen molar-refractivity contribution in [2.24, 2.45) is 0 Å². The van der Waals surface area contributed by atoms with Crippen LogP contribution in [-0.2, 0) is 19.6 Å². The average Bonchev–Trinajstić information content (AvgIpc) is 2.54. The monoisotopic (exact) mass is 376 g/mol. The second-order valence-corrected chi connectivity index (χ2v) is 7.29. The maximum atomic E-state index is 12.5. The Kier molecular flexibility index (Phi) is 7.19. The number of carbonyl (C=O) groups is 2. The summed E-state index contributed by atoms with van der Waals surface area (Å²) in [5, 5.41) is 2.50. The topological polar surface area (TPSA) is 92.8 Å². The number of halogens is 1. The molecule has 1 N–H and O–H groups in total. The highest BCUT2D eigenvalue weighted by molar-refractivity contribution is 7.89. The second-order valence-electron chi connectivity index (χ2n) is 4.95. The highest BCUT2D eigenvalue weighted by Crippen LogP contribution is 2.23. The Balaban J connectivity index is 3.19. The fourth-order valence-corrected chi connectivity index (χ4v) is 3.75. The van der Waals surface area contributed by atoms with Crippen LogP contribution < -0.4 is 5.32 Å². The van der Waals surface area contributed by atoms with Crippen molar-refractivity contribution >= 4 is 33.5 Å². The number of ether oxygens (including phenoxy) is 1. The Morgan fingerprint density at radius 1 is 1.29 bits per heavy atom. The third kappa shape index (κ3) is 4.46. The van der Waals surface area contributed by atoms with Gasteiger partial charge >= 0.3 is 5.97 Å². The lowest BCUT2D eigenvalue weighted by molar-refractivity contribution is -0.142. The molecule has 1 aromatic carbocycles. The van der Waals surface area contributed by atoms with Gasteiger partial charge in [-0.1, -0.05) is 25.4 Å². The molecule has 0 saturated heterocycles. The first-order valence-corrected chi connectivity index (χ1v) is 9.19. The van der Waals surface area contributed by atoms with Gasteiger partial charge in [-0.05, 0) is 25.1 Å². The van der Waals surface area contributed by atoms with Crippen molar-refractivity contribution in [3.8, 4) is 0 Å². The summed E-state index contributed by atoms with van der Waals surface area (Å²) in [6.07, 6.45) is 0. The van der Waals surface area contributed by atoms with Gasteiger partial charge in [0.05, 0.1) is 22.6 Å². The number of carbonyl (C=O) groups excluding carboxylic acids is 2. The summed E-state index contributed by atoms with van der Waals surface area (Å²) in [6, 6.07) is 3.00. The van der Waals surface area contributed by atoms with Gasteiger partial charge in [0.25, 0.3) is 5.91 Å². The normalized spacial score (nSPS) is 12.8. The molecule has 1 rings (SSSR count). The van der Waals surface area contributed by atoms with Crippen LogP contribution in [0, 0.1) is 0 Å². The molecule has 0 bridgehead atoms. The summed E-state index contributed by atoms with van der Waals surface area (Å²) in [6.45, 7) is 5.52. The largest absolute Gasteiger partial charge is 0.467 e. The highest BCUT2D eigenvalue weighted by atomic mass is 35.5. The predicted octanol–water partition coefficient (Wildman–Crippen LogP) is 1.66. The van der Waals surface area contributed by atoms with Crippen molar-refractivity contribution in [1.82, 2.24) is 9.62 Å². The summed E-state index contributed by atoms with van der Waals surface area (Å²) < 4.78 is 30.9. The molecule has 0 aliphatic carbocycles. The third-order valence-electron chi connectivity index (χ3n) is 3.43. The van der Waals surface area contributed by atoms with Crippen LogP contribution >= 0.6 is 11.6 Å². The molecule has 7 nitrogen and oxygen atoms in total. The summed E-state index contributed by atoms with van der Waals surface area (Å²) in [5.41, 5.74) is -0.0272. The van der Waals surface area contributed by atoms with Gasteiger partial charge in [0.1, 0.15) is 6.04 Å². The van der Waals surface area contributed by atoms with Crippen LogP contribution in [0.15, 0.2) is 23.1 Å². The van der Waals surface area contributed by atoms with Gasteiger partial charge in [-0.15, -0.1) is 0 Å². The Labute approximate surface area is 147 Å². The molecule has 0 aliphatic rings. The van der Waals surface area contributed by atoms with E-state index < -0.39 is 27.9 Å². The number of nitrogens with zero attached hydrogens (tertiary/aromatic N) is 1. The third-order valence-corrected chi connectivity index (χ3v) is 5.80.